The van der Waals surface area contributed by atoms with Gasteiger partial charge in [-0.05, 0) is 47.4 Å². The van der Waals surface area contributed by atoms with Gasteiger partial charge in [-0.25, -0.2) is 4.79 Å². The number of piperidine rings is 1. The largest absolute Gasteiger partial charge is 0.481 e. The maximum absolute atomic E-state index is 12.4. The zero-order valence-corrected chi connectivity index (χ0v) is 18.3. The Bertz CT molecular complexity index is 1070. The highest BCUT2D eigenvalue weighted by atomic mass is 16.5. The zero-order valence-electron chi connectivity index (χ0n) is 18.3. The van der Waals surface area contributed by atoms with Crippen LogP contribution in [0, 0.1) is 11.8 Å². The first kappa shape index (κ1) is 22.4. The van der Waals surface area contributed by atoms with Crippen LogP contribution >= 0.6 is 0 Å². The Hall–Kier alpha value is -3.79. The summed E-state index contributed by atoms with van der Waals surface area (Å²) in [7, 11) is 0. The Morgan fingerprint density at radius 3 is 2.36 bits per heavy atom. The van der Waals surface area contributed by atoms with E-state index in [2.05, 4.69) is 41.4 Å². The second-order valence-electron chi connectivity index (χ2n) is 8.23. The van der Waals surface area contributed by atoms with Gasteiger partial charge in [0.1, 0.15) is 6.61 Å². The number of nitrogens with zero attached hydrogens (tertiary/aromatic N) is 1. The summed E-state index contributed by atoms with van der Waals surface area (Å²) < 4.78 is 5.45. The minimum atomic E-state index is -0.926. The monoisotopic (exact) mass is 446 g/mol. The van der Waals surface area contributed by atoms with Gasteiger partial charge in [0.25, 0.3) is 5.91 Å². The van der Waals surface area contributed by atoms with Crippen LogP contribution in [0.4, 0.5) is 4.79 Å². The molecule has 0 aromatic heterocycles. The molecule has 2 amide bonds. The van der Waals surface area contributed by atoms with Gasteiger partial charge in [0, 0.05) is 18.5 Å². The predicted octanol–water partition coefficient (Wildman–Crippen LogP) is 3.38. The smallest absolute Gasteiger partial charge is 0.407 e. The van der Waals surface area contributed by atoms with E-state index >= 15 is 0 Å². The number of alkyl carbamates (subject to hydrolysis) is 1. The van der Waals surface area contributed by atoms with Crippen molar-refractivity contribution in [3.63, 3.8) is 0 Å². The molecule has 33 heavy (non-hydrogen) atoms. The van der Waals surface area contributed by atoms with Crippen LogP contribution in [0.15, 0.2) is 48.5 Å². The first-order valence-electron chi connectivity index (χ1n) is 11.1. The Labute approximate surface area is 192 Å². The standard InChI is InChI=1S/C26H26N2O5/c29-24(28-15-6-5-8-18(28)16-25(30)31)13-7-14-27-26(32)33-17-23-21-11-3-1-9-19(21)20-10-2-4-12-22(20)23/h1-4,9-12,18,23H,5-6,8,14-17H2,(H,27,32)(H,30,31)/t18-/m0/s1. The van der Waals surface area contributed by atoms with Crippen molar-refractivity contribution in [2.24, 2.45) is 0 Å². The lowest BCUT2D eigenvalue weighted by Crippen LogP contribution is -2.44. The molecule has 0 saturated carbocycles. The first-order valence-corrected chi connectivity index (χ1v) is 11.1. The van der Waals surface area contributed by atoms with Crippen LogP contribution in [0.25, 0.3) is 11.1 Å². The van der Waals surface area contributed by atoms with Crippen molar-refractivity contribution >= 4 is 18.0 Å². The van der Waals surface area contributed by atoms with E-state index in [0.717, 1.165) is 35.1 Å². The molecule has 7 nitrogen and oxygen atoms in total. The maximum atomic E-state index is 12.4. The summed E-state index contributed by atoms with van der Waals surface area (Å²) in [5.41, 5.74) is 4.58. The molecule has 170 valence electrons. The number of aliphatic carboxylic acids is 1. The highest BCUT2D eigenvalue weighted by Crippen LogP contribution is 2.44. The fraction of sp³-hybridized carbons (Fsp3) is 0.346. The molecule has 1 aliphatic heterocycles. The predicted molar refractivity (Wildman–Crippen MR) is 122 cm³/mol. The number of carboxylic acids is 1. The van der Waals surface area contributed by atoms with Crippen LogP contribution in [-0.2, 0) is 14.3 Å². The summed E-state index contributed by atoms with van der Waals surface area (Å²) in [4.78, 5) is 37.1. The average Bonchev–Trinajstić information content (AvgIpc) is 3.14. The van der Waals surface area contributed by atoms with E-state index in [-0.39, 0.29) is 31.5 Å². The minimum absolute atomic E-state index is 0.0268. The molecule has 1 saturated heterocycles. The molecule has 4 rings (SSSR count). The molecular weight excluding hydrogens is 420 g/mol. The normalized spacial score (nSPS) is 16.7. The molecule has 0 unspecified atom stereocenters. The molecule has 0 bridgehead atoms. The van der Waals surface area contributed by atoms with E-state index in [0.29, 0.717) is 13.0 Å². The number of fused-ring (bicyclic) bond motifs is 3. The summed E-state index contributed by atoms with van der Waals surface area (Å²) in [5.74, 6) is 3.79. The molecule has 1 heterocycles. The molecule has 2 aromatic carbocycles. The molecule has 1 atom stereocenters. The van der Waals surface area contributed by atoms with Crippen molar-refractivity contribution in [2.75, 3.05) is 19.7 Å². The number of carboxylic acid groups (broad SMARTS) is 1. The quantitative estimate of drug-likeness (QED) is 0.687. The van der Waals surface area contributed by atoms with Crippen LogP contribution in [0.2, 0.25) is 0 Å². The zero-order chi connectivity index (χ0) is 23.2. The van der Waals surface area contributed by atoms with E-state index < -0.39 is 18.0 Å². The van der Waals surface area contributed by atoms with E-state index in [1.807, 2.05) is 24.3 Å². The van der Waals surface area contributed by atoms with Crippen LogP contribution in [0.5, 0.6) is 0 Å². The van der Waals surface area contributed by atoms with Crippen molar-refractivity contribution in [2.45, 2.75) is 37.6 Å². The fourth-order valence-electron chi connectivity index (χ4n) is 4.64. The van der Waals surface area contributed by atoms with Crippen molar-refractivity contribution in [3.05, 3.63) is 59.7 Å². The van der Waals surface area contributed by atoms with Gasteiger partial charge in [-0.2, -0.15) is 0 Å². The summed E-state index contributed by atoms with van der Waals surface area (Å²) in [6.45, 7) is 0.683. The van der Waals surface area contributed by atoms with Gasteiger partial charge in [-0.1, -0.05) is 54.5 Å². The summed E-state index contributed by atoms with van der Waals surface area (Å²) in [6, 6.07) is 15.9. The van der Waals surface area contributed by atoms with Gasteiger partial charge >= 0.3 is 12.1 Å². The number of hydrogen-bond donors (Lipinski definition) is 2. The van der Waals surface area contributed by atoms with Crippen LogP contribution in [0.3, 0.4) is 0 Å². The number of rotatable bonds is 5. The molecule has 2 aliphatic rings. The van der Waals surface area contributed by atoms with Crippen LogP contribution < -0.4 is 5.32 Å². The Morgan fingerprint density at radius 2 is 1.70 bits per heavy atom. The molecule has 2 aromatic rings. The summed E-state index contributed by atoms with van der Waals surface area (Å²) >= 11 is 0. The number of nitrogens with one attached hydrogen (secondary N) is 1. The molecular formula is C26H26N2O5. The number of benzene rings is 2. The third kappa shape index (κ3) is 5.17. The minimum Gasteiger partial charge on any atom is -0.481 e. The van der Waals surface area contributed by atoms with E-state index in [4.69, 9.17) is 9.84 Å². The number of carbonyl (C=O) groups excluding carboxylic acids is 2. The lowest BCUT2D eigenvalue weighted by Gasteiger charge is -2.33. The lowest BCUT2D eigenvalue weighted by molar-refractivity contribution is -0.140. The van der Waals surface area contributed by atoms with Gasteiger partial charge in [-0.15, -0.1) is 0 Å². The van der Waals surface area contributed by atoms with Crippen molar-refractivity contribution in [3.8, 4) is 23.0 Å². The van der Waals surface area contributed by atoms with E-state index in [9.17, 15) is 14.4 Å². The van der Waals surface area contributed by atoms with Gasteiger partial charge in [-0.3, -0.25) is 9.59 Å². The van der Waals surface area contributed by atoms with Crippen molar-refractivity contribution < 1.29 is 24.2 Å². The lowest BCUT2D eigenvalue weighted by atomic mass is 9.98. The topological polar surface area (TPSA) is 95.9 Å². The Kier molecular flexibility index (Phi) is 6.94. The SMILES string of the molecule is O=C(O)C[C@@H]1CCCCN1C(=O)C#CCNC(=O)OCC1c2ccccc2-c2ccccc21. The van der Waals surface area contributed by atoms with Gasteiger partial charge in [0.15, 0.2) is 0 Å². The number of amides is 2. The van der Waals surface area contributed by atoms with Crippen LogP contribution in [0.1, 0.15) is 42.7 Å². The third-order valence-corrected chi connectivity index (χ3v) is 6.16. The second-order valence-corrected chi connectivity index (χ2v) is 8.23. The summed E-state index contributed by atoms with van der Waals surface area (Å²) in [5, 5.41) is 11.6. The van der Waals surface area contributed by atoms with Crippen LogP contribution in [-0.4, -0.2) is 53.7 Å². The van der Waals surface area contributed by atoms with Crippen molar-refractivity contribution in [1.82, 2.24) is 10.2 Å². The molecule has 0 radical (unpaired) electrons. The third-order valence-electron chi connectivity index (χ3n) is 6.16. The second kappa shape index (κ2) is 10.2. The highest BCUT2D eigenvalue weighted by Gasteiger charge is 2.29. The van der Waals surface area contributed by atoms with Gasteiger partial charge in [0.05, 0.1) is 13.0 Å². The molecule has 7 heteroatoms. The number of likely N-dealkylation sites (tertiary alicyclic amines) is 1. The average molecular weight is 447 g/mol. The van der Waals surface area contributed by atoms with Gasteiger partial charge in [0.2, 0.25) is 0 Å². The maximum Gasteiger partial charge on any atom is 0.407 e. The molecule has 0 spiro atoms. The fourth-order valence-corrected chi connectivity index (χ4v) is 4.64. The number of carbonyl (C=O) groups is 3. The van der Waals surface area contributed by atoms with E-state index in [1.54, 1.807) is 0 Å². The van der Waals surface area contributed by atoms with Crippen molar-refractivity contribution in [1.29, 1.82) is 0 Å². The first-order chi connectivity index (χ1) is 16.0. The molecule has 1 fully saturated rings. The summed E-state index contributed by atoms with van der Waals surface area (Å²) in [6.07, 6.45) is 1.73. The molecule has 1 aliphatic carbocycles. The highest BCUT2D eigenvalue weighted by molar-refractivity contribution is 5.94. The number of hydrogen-bond acceptors (Lipinski definition) is 4. The molecule has 2 N–H and O–H groups in total. The Balaban J connectivity index is 1.28. The van der Waals surface area contributed by atoms with E-state index in [1.165, 1.54) is 4.90 Å². The Morgan fingerprint density at radius 1 is 1.03 bits per heavy atom. The van der Waals surface area contributed by atoms with Gasteiger partial charge < -0.3 is 20.1 Å². The number of ether oxygens (including phenoxy) is 1.